The van der Waals surface area contributed by atoms with E-state index in [0.717, 1.165) is 12.1 Å². The molecule has 1 atom stereocenters. The van der Waals surface area contributed by atoms with Gasteiger partial charge in [0.2, 0.25) is 0 Å². The lowest BCUT2D eigenvalue weighted by Gasteiger charge is -2.22. The van der Waals surface area contributed by atoms with Crippen LogP contribution in [0.25, 0.3) is 0 Å². The highest BCUT2D eigenvalue weighted by atomic mass is 19.4. The third-order valence-corrected chi connectivity index (χ3v) is 3.37. The lowest BCUT2D eigenvalue weighted by Crippen LogP contribution is -2.30. The normalized spacial score (nSPS) is 13.1. The van der Waals surface area contributed by atoms with Gasteiger partial charge in [0.1, 0.15) is 5.69 Å². The number of nitrogens with one attached hydrogen (secondary N) is 2. The van der Waals surface area contributed by atoms with Crippen LogP contribution in [0.15, 0.2) is 36.5 Å². The lowest BCUT2D eigenvalue weighted by molar-refractivity contribution is -0.137. The molecule has 2 N–H and O–H groups in total. The molecule has 0 bridgehead atoms. The largest absolute Gasteiger partial charge is 0.416 e. The van der Waals surface area contributed by atoms with Crippen LogP contribution in [0.1, 0.15) is 47.9 Å². The summed E-state index contributed by atoms with van der Waals surface area (Å²) >= 11 is 0. The minimum Gasteiger partial charge on any atom is -0.344 e. The molecule has 1 unspecified atom stereocenters. The molecule has 4 nitrogen and oxygen atoms in total. The molecule has 124 valence electrons. The molecule has 2 aromatic rings. The number of alkyl halides is 3. The lowest BCUT2D eigenvalue weighted by atomic mass is 9.95. The molecule has 23 heavy (non-hydrogen) atoms. The van der Waals surface area contributed by atoms with Crippen LogP contribution >= 0.6 is 0 Å². The van der Waals surface area contributed by atoms with Gasteiger partial charge in [-0.2, -0.15) is 18.3 Å². The van der Waals surface area contributed by atoms with E-state index >= 15 is 0 Å². The molecule has 1 heterocycles. The molecule has 7 heteroatoms. The highest BCUT2D eigenvalue weighted by Crippen LogP contribution is 2.32. The summed E-state index contributed by atoms with van der Waals surface area (Å²) in [6, 6.07) is 6.05. The van der Waals surface area contributed by atoms with Crippen LogP contribution in [0, 0.1) is 5.92 Å². The summed E-state index contributed by atoms with van der Waals surface area (Å²) in [4.78, 5) is 12.1. The summed E-state index contributed by atoms with van der Waals surface area (Å²) < 4.78 is 38.6. The van der Waals surface area contributed by atoms with Crippen LogP contribution in [0.5, 0.6) is 0 Å². The molecule has 1 aromatic carbocycles. The smallest absolute Gasteiger partial charge is 0.344 e. The first-order valence-corrected chi connectivity index (χ1v) is 7.24. The van der Waals surface area contributed by atoms with E-state index in [9.17, 15) is 18.0 Å². The minimum atomic E-state index is -4.41. The predicted octanol–water partition coefficient (Wildman–Crippen LogP) is 3.95. The summed E-state index contributed by atoms with van der Waals surface area (Å²) in [5.41, 5.74) is -0.0216. The van der Waals surface area contributed by atoms with Crippen LogP contribution in [0.3, 0.4) is 0 Å². The fourth-order valence-corrected chi connectivity index (χ4v) is 2.30. The Kier molecular flexibility index (Phi) is 5.08. The number of amides is 1. The van der Waals surface area contributed by atoms with E-state index in [-0.39, 0.29) is 11.6 Å². The maximum atomic E-state index is 12.9. The van der Waals surface area contributed by atoms with Gasteiger partial charge in [-0.05, 0) is 36.1 Å². The second-order valence-corrected chi connectivity index (χ2v) is 5.75. The van der Waals surface area contributed by atoms with Crippen molar-refractivity contribution in [3.63, 3.8) is 0 Å². The SMILES string of the molecule is CC(C)CC(NC(=O)c1ccn[nH]1)c1cccc(C(F)(F)F)c1. The van der Waals surface area contributed by atoms with Crippen molar-refractivity contribution in [3.8, 4) is 0 Å². The molecule has 0 fully saturated rings. The van der Waals surface area contributed by atoms with Gasteiger partial charge in [0.05, 0.1) is 11.6 Å². The average molecular weight is 325 g/mol. The maximum Gasteiger partial charge on any atom is 0.416 e. The second-order valence-electron chi connectivity index (χ2n) is 5.75. The summed E-state index contributed by atoms with van der Waals surface area (Å²) in [6.45, 7) is 3.89. The zero-order chi connectivity index (χ0) is 17.0. The third-order valence-electron chi connectivity index (χ3n) is 3.37. The second kappa shape index (κ2) is 6.85. The molecule has 0 spiro atoms. The van der Waals surface area contributed by atoms with Gasteiger partial charge in [0, 0.05) is 6.20 Å². The van der Waals surface area contributed by atoms with Crippen molar-refractivity contribution in [1.29, 1.82) is 0 Å². The van der Waals surface area contributed by atoms with E-state index in [1.54, 1.807) is 6.07 Å². The van der Waals surface area contributed by atoms with Crippen molar-refractivity contribution in [2.45, 2.75) is 32.5 Å². The number of benzene rings is 1. The monoisotopic (exact) mass is 325 g/mol. The van der Waals surface area contributed by atoms with Gasteiger partial charge in [-0.25, -0.2) is 0 Å². The molecule has 1 amide bonds. The van der Waals surface area contributed by atoms with E-state index in [2.05, 4.69) is 15.5 Å². The highest BCUT2D eigenvalue weighted by molar-refractivity contribution is 5.92. The van der Waals surface area contributed by atoms with Crippen LogP contribution in [0.2, 0.25) is 0 Å². The number of nitrogens with zero attached hydrogens (tertiary/aromatic N) is 1. The van der Waals surface area contributed by atoms with E-state index in [4.69, 9.17) is 0 Å². The van der Waals surface area contributed by atoms with Gasteiger partial charge in [-0.3, -0.25) is 9.89 Å². The van der Waals surface area contributed by atoms with E-state index in [0.29, 0.717) is 12.0 Å². The standard InChI is InChI=1S/C16H18F3N3O/c1-10(2)8-14(21-15(23)13-6-7-20-22-13)11-4-3-5-12(9-11)16(17,18)19/h3-7,9-10,14H,8H2,1-2H3,(H,20,22)(H,21,23). The molecule has 2 rings (SSSR count). The number of halogens is 3. The Hall–Kier alpha value is -2.31. The summed E-state index contributed by atoms with van der Waals surface area (Å²) in [6.07, 6.45) is -2.44. The topological polar surface area (TPSA) is 57.8 Å². The van der Waals surface area contributed by atoms with Gasteiger partial charge >= 0.3 is 6.18 Å². The third kappa shape index (κ3) is 4.58. The van der Waals surface area contributed by atoms with Crippen molar-refractivity contribution in [3.05, 3.63) is 53.3 Å². The number of hydrogen-bond donors (Lipinski definition) is 2. The number of aromatic amines is 1. The number of rotatable bonds is 5. The number of H-pyrrole nitrogens is 1. The van der Waals surface area contributed by atoms with E-state index in [1.165, 1.54) is 18.3 Å². The first-order valence-electron chi connectivity index (χ1n) is 7.24. The van der Waals surface area contributed by atoms with Crippen LogP contribution in [0.4, 0.5) is 13.2 Å². The summed E-state index contributed by atoms with van der Waals surface area (Å²) in [5, 5.41) is 9.00. The number of hydrogen-bond acceptors (Lipinski definition) is 2. The molecular formula is C16H18F3N3O. The van der Waals surface area contributed by atoms with Crippen LogP contribution in [-0.4, -0.2) is 16.1 Å². The fourth-order valence-electron chi connectivity index (χ4n) is 2.30. The van der Waals surface area contributed by atoms with Gasteiger partial charge in [0.25, 0.3) is 5.91 Å². The zero-order valence-corrected chi connectivity index (χ0v) is 12.8. The fraction of sp³-hybridized carbons (Fsp3) is 0.375. The van der Waals surface area contributed by atoms with Crippen molar-refractivity contribution < 1.29 is 18.0 Å². The van der Waals surface area contributed by atoms with Crippen molar-refractivity contribution >= 4 is 5.91 Å². The molecule has 0 aliphatic rings. The van der Waals surface area contributed by atoms with Gasteiger partial charge in [-0.1, -0.05) is 26.0 Å². The maximum absolute atomic E-state index is 12.9. The van der Waals surface area contributed by atoms with Crippen molar-refractivity contribution in [1.82, 2.24) is 15.5 Å². The van der Waals surface area contributed by atoms with Crippen molar-refractivity contribution in [2.75, 3.05) is 0 Å². The number of aromatic nitrogens is 2. The van der Waals surface area contributed by atoms with Crippen LogP contribution in [-0.2, 0) is 6.18 Å². The van der Waals surface area contributed by atoms with E-state index < -0.39 is 23.7 Å². The molecule has 0 aliphatic carbocycles. The summed E-state index contributed by atoms with van der Waals surface area (Å²) in [7, 11) is 0. The molecule has 0 saturated carbocycles. The van der Waals surface area contributed by atoms with E-state index in [1.807, 2.05) is 13.8 Å². The van der Waals surface area contributed by atoms with Crippen LogP contribution < -0.4 is 5.32 Å². The zero-order valence-electron chi connectivity index (χ0n) is 12.8. The molecule has 0 aliphatic heterocycles. The quantitative estimate of drug-likeness (QED) is 0.874. The highest BCUT2D eigenvalue weighted by Gasteiger charge is 2.31. The Morgan fingerprint density at radius 3 is 2.61 bits per heavy atom. The Morgan fingerprint density at radius 2 is 2.04 bits per heavy atom. The average Bonchev–Trinajstić information content (AvgIpc) is 2.99. The van der Waals surface area contributed by atoms with Crippen molar-refractivity contribution in [2.24, 2.45) is 5.92 Å². The first-order chi connectivity index (χ1) is 10.8. The van der Waals surface area contributed by atoms with Gasteiger partial charge in [0.15, 0.2) is 0 Å². The molecule has 0 saturated heterocycles. The predicted molar refractivity (Wildman–Crippen MR) is 79.7 cm³/mol. The Bertz CT molecular complexity index is 651. The Morgan fingerprint density at radius 1 is 1.30 bits per heavy atom. The number of carbonyl (C=O) groups is 1. The Balaban J connectivity index is 2.26. The summed E-state index contributed by atoms with van der Waals surface area (Å²) in [5.74, 6) is -0.192. The number of carbonyl (C=O) groups excluding carboxylic acids is 1. The van der Waals surface area contributed by atoms with Gasteiger partial charge < -0.3 is 5.32 Å². The molecule has 0 radical (unpaired) electrons. The van der Waals surface area contributed by atoms with Gasteiger partial charge in [-0.15, -0.1) is 0 Å². The minimum absolute atomic E-state index is 0.205. The Labute approximate surface area is 132 Å². The molecular weight excluding hydrogens is 307 g/mol. The first kappa shape index (κ1) is 17.1. The molecule has 1 aromatic heterocycles.